The van der Waals surface area contributed by atoms with E-state index in [1.165, 1.54) is 4.90 Å². The van der Waals surface area contributed by atoms with E-state index in [0.29, 0.717) is 11.1 Å². The van der Waals surface area contributed by atoms with Gasteiger partial charge in [-0.25, -0.2) is 0 Å². The third-order valence-corrected chi connectivity index (χ3v) is 5.45. The molecule has 3 aliphatic heterocycles. The third kappa shape index (κ3) is 2.08. The number of imide groups is 1. The molecule has 0 spiro atoms. The molecule has 4 aliphatic rings. The van der Waals surface area contributed by atoms with Gasteiger partial charge in [-0.2, -0.15) is 0 Å². The van der Waals surface area contributed by atoms with Crippen molar-refractivity contribution in [1.29, 1.82) is 0 Å². The molecule has 26 heavy (non-hydrogen) atoms. The minimum absolute atomic E-state index is 0.323. The van der Waals surface area contributed by atoms with Crippen molar-refractivity contribution < 1.29 is 28.5 Å². The highest BCUT2D eigenvalue weighted by atomic mass is 16.8. The van der Waals surface area contributed by atoms with Crippen LogP contribution >= 0.6 is 0 Å². The molecule has 7 heteroatoms. The van der Waals surface area contributed by atoms with Crippen molar-refractivity contribution >= 4 is 11.8 Å². The topological polar surface area (TPSA) is 74.3 Å². The van der Waals surface area contributed by atoms with Crippen LogP contribution in [0, 0.1) is 0 Å². The van der Waals surface area contributed by atoms with E-state index in [1.807, 2.05) is 27.7 Å². The molecular formula is C19H21NO6. The van der Waals surface area contributed by atoms with Gasteiger partial charge in [0.05, 0.1) is 17.2 Å². The molecule has 3 fully saturated rings. The molecule has 1 aromatic rings. The van der Waals surface area contributed by atoms with Gasteiger partial charge in [-0.1, -0.05) is 12.1 Å². The number of nitrogens with zero attached hydrogens (tertiary/aromatic N) is 1. The number of amides is 2. The van der Waals surface area contributed by atoms with Crippen molar-refractivity contribution in [3.05, 3.63) is 35.4 Å². The Hall–Kier alpha value is -1.80. The van der Waals surface area contributed by atoms with E-state index in [4.69, 9.17) is 18.9 Å². The molecule has 2 amide bonds. The number of hydrogen-bond acceptors (Lipinski definition) is 6. The van der Waals surface area contributed by atoms with Crippen molar-refractivity contribution in [2.75, 3.05) is 0 Å². The molecular weight excluding hydrogens is 338 g/mol. The highest BCUT2D eigenvalue weighted by molar-refractivity contribution is 6.21. The largest absolute Gasteiger partial charge is 0.342 e. The highest BCUT2D eigenvalue weighted by Gasteiger charge is 2.68. The lowest BCUT2D eigenvalue weighted by Crippen LogP contribution is -2.52. The quantitative estimate of drug-likeness (QED) is 0.711. The number of carbonyl (C=O) groups excluding carboxylic acids is 2. The summed E-state index contributed by atoms with van der Waals surface area (Å²) in [5.41, 5.74) is 0.822. The predicted molar refractivity (Wildman–Crippen MR) is 88.4 cm³/mol. The maximum absolute atomic E-state index is 13.0. The number of ether oxygens (including phenoxy) is 4. The van der Waals surface area contributed by atoms with Gasteiger partial charge in [0.25, 0.3) is 11.8 Å². The summed E-state index contributed by atoms with van der Waals surface area (Å²) in [4.78, 5) is 27.3. The molecule has 1 saturated carbocycles. The van der Waals surface area contributed by atoms with E-state index in [0.717, 1.165) is 0 Å². The second-order valence-electron chi connectivity index (χ2n) is 8.15. The van der Waals surface area contributed by atoms with Gasteiger partial charge in [0.1, 0.15) is 24.4 Å². The average molecular weight is 359 g/mol. The van der Waals surface area contributed by atoms with Crippen molar-refractivity contribution in [3.63, 3.8) is 0 Å². The fourth-order valence-electron chi connectivity index (χ4n) is 4.63. The second kappa shape index (κ2) is 4.92. The summed E-state index contributed by atoms with van der Waals surface area (Å²) >= 11 is 0. The van der Waals surface area contributed by atoms with Crippen LogP contribution in [0.25, 0.3) is 0 Å². The number of carbonyl (C=O) groups is 2. The monoisotopic (exact) mass is 359 g/mol. The molecule has 7 nitrogen and oxygen atoms in total. The van der Waals surface area contributed by atoms with Gasteiger partial charge in [-0.3, -0.25) is 14.5 Å². The maximum Gasteiger partial charge on any atom is 0.261 e. The van der Waals surface area contributed by atoms with Crippen LogP contribution in [0.2, 0.25) is 0 Å². The van der Waals surface area contributed by atoms with Crippen molar-refractivity contribution in [2.45, 2.75) is 69.7 Å². The molecule has 0 N–H and O–H groups in total. The molecule has 1 aromatic carbocycles. The summed E-state index contributed by atoms with van der Waals surface area (Å²) in [5.74, 6) is -2.27. The molecule has 0 unspecified atom stereocenters. The van der Waals surface area contributed by atoms with Crippen molar-refractivity contribution in [2.24, 2.45) is 0 Å². The summed E-state index contributed by atoms with van der Waals surface area (Å²) in [7, 11) is 0. The smallest absolute Gasteiger partial charge is 0.261 e. The van der Waals surface area contributed by atoms with Gasteiger partial charge in [0.2, 0.25) is 0 Å². The van der Waals surface area contributed by atoms with Gasteiger partial charge < -0.3 is 18.9 Å². The second-order valence-corrected chi connectivity index (χ2v) is 8.15. The maximum atomic E-state index is 13.0. The van der Waals surface area contributed by atoms with Gasteiger partial charge in [0.15, 0.2) is 11.6 Å². The Morgan fingerprint density at radius 3 is 1.54 bits per heavy atom. The summed E-state index contributed by atoms with van der Waals surface area (Å²) < 4.78 is 24.2. The number of fused-ring (bicyclic) bond motifs is 4. The van der Waals surface area contributed by atoms with Crippen LogP contribution in [0.1, 0.15) is 48.4 Å². The Bertz CT molecular complexity index is 753. The van der Waals surface area contributed by atoms with Crippen molar-refractivity contribution in [3.8, 4) is 0 Å². The minimum Gasteiger partial charge on any atom is -0.342 e. The molecule has 5 rings (SSSR count). The van der Waals surface area contributed by atoms with Crippen LogP contribution in [0.5, 0.6) is 0 Å². The Morgan fingerprint density at radius 2 is 1.12 bits per heavy atom. The fourth-order valence-corrected chi connectivity index (χ4v) is 4.63. The zero-order valence-electron chi connectivity index (χ0n) is 15.1. The summed E-state index contributed by atoms with van der Waals surface area (Å²) in [6, 6.07) is 6.26. The lowest BCUT2D eigenvalue weighted by atomic mass is 10.1. The fraction of sp³-hybridized carbons (Fsp3) is 0.579. The van der Waals surface area contributed by atoms with Gasteiger partial charge in [-0.15, -0.1) is 0 Å². The van der Waals surface area contributed by atoms with Crippen LogP contribution < -0.4 is 0 Å². The Kier molecular flexibility index (Phi) is 3.10. The molecule has 138 valence electrons. The number of hydrogen-bond donors (Lipinski definition) is 0. The highest BCUT2D eigenvalue weighted by Crippen LogP contribution is 2.49. The van der Waals surface area contributed by atoms with Crippen LogP contribution in [-0.4, -0.2) is 58.7 Å². The molecule has 0 aromatic heterocycles. The zero-order valence-corrected chi connectivity index (χ0v) is 15.1. The first-order chi connectivity index (χ1) is 12.2. The van der Waals surface area contributed by atoms with E-state index in [2.05, 4.69) is 0 Å². The standard InChI is InChI=1S/C19H21NO6/c1-18(2)23-12-11(13-15(14(12)25-18)26-19(3,4)24-13)20-16(21)9-7-5-6-8-10(9)17(20)22/h5-8,11-15H,1-4H3/t12-,13-,14-,15-/m0/s1. The number of rotatable bonds is 1. The van der Waals surface area contributed by atoms with Gasteiger partial charge in [-0.05, 0) is 39.8 Å². The van der Waals surface area contributed by atoms with Gasteiger partial charge >= 0.3 is 0 Å². The normalized spacial score (nSPS) is 39.2. The summed E-state index contributed by atoms with van der Waals surface area (Å²) in [6.45, 7) is 7.28. The molecule has 0 radical (unpaired) electrons. The predicted octanol–water partition coefficient (Wildman–Crippen LogP) is 1.70. The SMILES string of the molecule is CC1(C)O[C@@H]2[C@H]3OC(C)(C)O[C@H]3C(N3C(=O)c4ccccc4C3=O)[C@@H]2O1. The molecule has 2 saturated heterocycles. The summed E-state index contributed by atoms with van der Waals surface area (Å²) in [6.07, 6.45) is -1.77. The first-order valence-electron chi connectivity index (χ1n) is 8.87. The van der Waals surface area contributed by atoms with E-state index in [1.54, 1.807) is 24.3 Å². The van der Waals surface area contributed by atoms with Crippen LogP contribution in [0.15, 0.2) is 24.3 Å². The summed E-state index contributed by atoms with van der Waals surface area (Å²) in [5, 5.41) is 0. The Balaban J connectivity index is 1.57. The van der Waals surface area contributed by atoms with E-state index in [-0.39, 0.29) is 11.8 Å². The van der Waals surface area contributed by atoms with Crippen LogP contribution in [-0.2, 0) is 18.9 Å². The van der Waals surface area contributed by atoms with E-state index >= 15 is 0 Å². The van der Waals surface area contributed by atoms with E-state index < -0.39 is 42.0 Å². The molecule has 0 bridgehead atoms. The average Bonchev–Trinajstić information content (AvgIpc) is 3.19. The first kappa shape index (κ1) is 16.4. The molecule has 4 atom stereocenters. The van der Waals surface area contributed by atoms with Gasteiger partial charge in [0, 0.05) is 0 Å². The first-order valence-corrected chi connectivity index (χ1v) is 8.87. The minimum atomic E-state index is -0.812. The van der Waals surface area contributed by atoms with E-state index in [9.17, 15) is 9.59 Å². The Morgan fingerprint density at radius 1 is 0.731 bits per heavy atom. The lowest BCUT2D eigenvalue weighted by molar-refractivity contribution is -0.174. The molecule has 3 heterocycles. The molecule has 1 aliphatic carbocycles. The van der Waals surface area contributed by atoms with Crippen LogP contribution in [0.4, 0.5) is 0 Å². The third-order valence-electron chi connectivity index (χ3n) is 5.45. The number of benzene rings is 1. The van der Waals surface area contributed by atoms with Crippen molar-refractivity contribution in [1.82, 2.24) is 4.90 Å². The lowest BCUT2D eigenvalue weighted by Gasteiger charge is -2.32. The zero-order chi connectivity index (χ0) is 18.4. The Labute approximate surface area is 151 Å². The van der Waals surface area contributed by atoms with Crippen LogP contribution in [0.3, 0.4) is 0 Å².